The zero-order chi connectivity index (χ0) is 12.8. The topological polar surface area (TPSA) is 52.6 Å². The molecule has 2 N–H and O–H groups in total. The monoisotopic (exact) mass is 244 g/mol. The number of carbonyl (C=O) groups is 1. The molecule has 94 valence electrons. The third-order valence-corrected chi connectivity index (χ3v) is 2.21. The molecule has 0 fully saturated rings. The number of urea groups is 1. The summed E-state index contributed by atoms with van der Waals surface area (Å²) in [7, 11) is 0. The van der Waals surface area contributed by atoms with Crippen LogP contribution in [0.3, 0.4) is 0 Å². The Balaban J connectivity index is 2.76. The molecule has 0 aromatic heterocycles. The summed E-state index contributed by atoms with van der Waals surface area (Å²) >= 11 is 0. The van der Waals surface area contributed by atoms with Crippen LogP contribution in [-0.4, -0.2) is 35.7 Å². The summed E-state index contributed by atoms with van der Waals surface area (Å²) in [5.41, 5.74) is -0.216. The van der Waals surface area contributed by atoms with Gasteiger partial charge in [-0.3, -0.25) is 0 Å². The first-order chi connectivity index (χ1) is 8.08. The second-order valence-corrected chi connectivity index (χ2v) is 3.36. The fourth-order valence-electron chi connectivity index (χ4n) is 1.31. The number of amides is 2. The number of likely N-dealkylation sites (N-methyl/N-ethyl adjacent to an activating group) is 1. The minimum atomic E-state index is -0.709. The average molecular weight is 244 g/mol. The van der Waals surface area contributed by atoms with E-state index in [-0.39, 0.29) is 18.8 Å². The quantitative estimate of drug-likeness (QED) is 0.848. The highest BCUT2D eigenvalue weighted by Gasteiger charge is 2.13. The second-order valence-electron chi connectivity index (χ2n) is 3.36. The van der Waals surface area contributed by atoms with Crippen molar-refractivity contribution >= 4 is 11.7 Å². The predicted molar refractivity (Wildman–Crippen MR) is 59.7 cm³/mol. The van der Waals surface area contributed by atoms with Gasteiger partial charge in [0, 0.05) is 19.2 Å². The molecule has 0 saturated heterocycles. The fourth-order valence-corrected chi connectivity index (χ4v) is 1.31. The lowest BCUT2D eigenvalue weighted by Gasteiger charge is -2.20. The van der Waals surface area contributed by atoms with Crippen LogP contribution >= 0.6 is 0 Å². The maximum Gasteiger partial charge on any atom is 0.321 e. The lowest BCUT2D eigenvalue weighted by atomic mass is 10.3. The van der Waals surface area contributed by atoms with E-state index < -0.39 is 17.7 Å². The number of benzene rings is 1. The van der Waals surface area contributed by atoms with Crippen LogP contribution in [0.5, 0.6) is 0 Å². The van der Waals surface area contributed by atoms with E-state index in [9.17, 15) is 13.6 Å². The Kier molecular flexibility index (Phi) is 4.84. The molecule has 1 aromatic carbocycles. The Morgan fingerprint density at radius 2 is 2.18 bits per heavy atom. The summed E-state index contributed by atoms with van der Waals surface area (Å²) in [6.07, 6.45) is 0. The number of nitrogens with one attached hydrogen (secondary N) is 1. The summed E-state index contributed by atoms with van der Waals surface area (Å²) in [6.45, 7) is 2.03. The zero-order valence-corrected chi connectivity index (χ0v) is 9.41. The Morgan fingerprint density at radius 3 is 2.76 bits per heavy atom. The Labute approximate surface area is 97.9 Å². The SMILES string of the molecule is CCN(CCO)C(=O)Nc1cc(F)ccc1F. The van der Waals surface area contributed by atoms with Gasteiger partial charge in [0.1, 0.15) is 11.6 Å². The first kappa shape index (κ1) is 13.4. The number of anilines is 1. The summed E-state index contributed by atoms with van der Waals surface area (Å²) in [5.74, 6) is -1.34. The van der Waals surface area contributed by atoms with Crippen molar-refractivity contribution in [3.8, 4) is 0 Å². The summed E-state index contributed by atoms with van der Waals surface area (Å²) < 4.78 is 26.1. The summed E-state index contributed by atoms with van der Waals surface area (Å²) in [4.78, 5) is 12.9. The van der Waals surface area contributed by atoms with E-state index in [2.05, 4.69) is 5.32 Å². The average Bonchev–Trinajstić information content (AvgIpc) is 2.30. The summed E-state index contributed by atoms with van der Waals surface area (Å²) in [6, 6.07) is 2.23. The molecule has 0 heterocycles. The molecule has 0 aliphatic heterocycles. The van der Waals surface area contributed by atoms with Gasteiger partial charge in [0.05, 0.1) is 12.3 Å². The van der Waals surface area contributed by atoms with Gasteiger partial charge in [0.15, 0.2) is 0 Å². The largest absolute Gasteiger partial charge is 0.395 e. The maximum absolute atomic E-state index is 13.2. The van der Waals surface area contributed by atoms with E-state index in [1.54, 1.807) is 6.92 Å². The number of halogens is 2. The Hall–Kier alpha value is -1.69. The van der Waals surface area contributed by atoms with E-state index in [4.69, 9.17) is 5.11 Å². The first-order valence-corrected chi connectivity index (χ1v) is 5.20. The molecule has 0 radical (unpaired) electrons. The Morgan fingerprint density at radius 1 is 1.47 bits per heavy atom. The van der Waals surface area contributed by atoms with Crippen LogP contribution < -0.4 is 5.32 Å². The van der Waals surface area contributed by atoms with E-state index in [1.807, 2.05) is 0 Å². The molecule has 4 nitrogen and oxygen atoms in total. The molecule has 0 spiro atoms. The number of carbonyl (C=O) groups excluding carboxylic acids is 1. The standard InChI is InChI=1S/C11H14F2N2O2/c1-2-15(5-6-16)11(17)14-10-7-8(12)3-4-9(10)13/h3-4,7,16H,2,5-6H2,1H3,(H,14,17). The van der Waals surface area contributed by atoms with Crippen LogP contribution in [0, 0.1) is 11.6 Å². The highest BCUT2D eigenvalue weighted by molar-refractivity contribution is 5.89. The number of aliphatic hydroxyl groups is 1. The molecule has 0 aliphatic rings. The van der Waals surface area contributed by atoms with Gasteiger partial charge in [-0.1, -0.05) is 0 Å². The van der Waals surface area contributed by atoms with Crippen molar-refractivity contribution in [1.29, 1.82) is 0 Å². The molecule has 17 heavy (non-hydrogen) atoms. The normalized spacial score (nSPS) is 10.1. The van der Waals surface area contributed by atoms with Gasteiger partial charge in [-0.2, -0.15) is 0 Å². The van der Waals surface area contributed by atoms with Crippen molar-refractivity contribution in [3.63, 3.8) is 0 Å². The van der Waals surface area contributed by atoms with Crippen molar-refractivity contribution < 1.29 is 18.7 Å². The minimum absolute atomic E-state index is 0.138. The van der Waals surface area contributed by atoms with Gasteiger partial charge in [-0.15, -0.1) is 0 Å². The Bertz CT molecular complexity index is 399. The smallest absolute Gasteiger partial charge is 0.321 e. The molecular formula is C11H14F2N2O2. The van der Waals surface area contributed by atoms with E-state index >= 15 is 0 Å². The van der Waals surface area contributed by atoms with Gasteiger partial charge >= 0.3 is 6.03 Å². The first-order valence-electron chi connectivity index (χ1n) is 5.20. The highest BCUT2D eigenvalue weighted by Crippen LogP contribution is 2.15. The van der Waals surface area contributed by atoms with Crippen molar-refractivity contribution in [2.24, 2.45) is 0 Å². The van der Waals surface area contributed by atoms with Crippen LogP contribution in [0.15, 0.2) is 18.2 Å². The van der Waals surface area contributed by atoms with Crippen LogP contribution in [0.25, 0.3) is 0 Å². The molecular weight excluding hydrogens is 230 g/mol. The molecule has 0 saturated carbocycles. The lowest BCUT2D eigenvalue weighted by molar-refractivity contribution is 0.192. The van der Waals surface area contributed by atoms with Gasteiger partial charge in [0.2, 0.25) is 0 Å². The third-order valence-electron chi connectivity index (χ3n) is 2.21. The molecule has 6 heteroatoms. The van der Waals surface area contributed by atoms with Crippen LogP contribution in [-0.2, 0) is 0 Å². The zero-order valence-electron chi connectivity index (χ0n) is 9.41. The molecule has 0 unspecified atom stereocenters. The molecule has 1 rings (SSSR count). The number of rotatable bonds is 4. The minimum Gasteiger partial charge on any atom is -0.395 e. The lowest BCUT2D eigenvalue weighted by Crippen LogP contribution is -2.37. The van der Waals surface area contributed by atoms with Crippen LogP contribution in [0.4, 0.5) is 19.3 Å². The van der Waals surface area contributed by atoms with Crippen LogP contribution in [0.2, 0.25) is 0 Å². The van der Waals surface area contributed by atoms with E-state index in [1.165, 1.54) is 4.90 Å². The molecule has 2 amide bonds. The van der Waals surface area contributed by atoms with Crippen molar-refractivity contribution in [2.75, 3.05) is 25.0 Å². The predicted octanol–water partition coefficient (Wildman–Crippen LogP) is 1.81. The van der Waals surface area contributed by atoms with Gasteiger partial charge in [-0.25, -0.2) is 13.6 Å². The number of aliphatic hydroxyl groups excluding tert-OH is 1. The number of hydrogen-bond acceptors (Lipinski definition) is 2. The number of nitrogens with zero attached hydrogens (tertiary/aromatic N) is 1. The van der Waals surface area contributed by atoms with Gasteiger partial charge in [-0.05, 0) is 19.1 Å². The van der Waals surface area contributed by atoms with Crippen molar-refractivity contribution in [1.82, 2.24) is 4.90 Å². The molecule has 1 aromatic rings. The van der Waals surface area contributed by atoms with E-state index in [0.717, 1.165) is 18.2 Å². The van der Waals surface area contributed by atoms with Crippen molar-refractivity contribution in [3.05, 3.63) is 29.8 Å². The number of hydrogen-bond donors (Lipinski definition) is 2. The molecule has 0 bridgehead atoms. The second kappa shape index (κ2) is 6.15. The fraction of sp³-hybridized carbons (Fsp3) is 0.364. The summed E-state index contributed by atoms with van der Waals surface area (Å²) in [5, 5.41) is 11.0. The van der Waals surface area contributed by atoms with Gasteiger partial charge < -0.3 is 15.3 Å². The maximum atomic E-state index is 13.2. The highest BCUT2D eigenvalue weighted by atomic mass is 19.1. The van der Waals surface area contributed by atoms with Gasteiger partial charge in [0.25, 0.3) is 0 Å². The molecule has 0 aliphatic carbocycles. The van der Waals surface area contributed by atoms with E-state index in [0.29, 0.717) is 6.54 Å². The van der Waals surface area contributed by atoms with Crippen molar-refractivity contribution in [2.45, 2.75) is 6.92 Å². The van der Waals surface area contributed by atoms with Crippen LogP contribution in [0.1, 0.15) is 6.92 Å². The third kappa shape index (κ3) is 3.67. The molecule has 0 atom stereocenters.